The molecular weight excluding hydrogens is 422 g/mol. The van der Waals surface area contributed by atoms with Crippen molar-refractivity contribution < 1.29 is 43.8 Å². The molecule has 182 valence electrons. The predicted molar refractivity (Wildman–Crippen MR) is 111 cm³/mol. The maximum absolute atomic E-state index is 9.55. The van der Waals surface area contributed by atoms with Gasteiger partial charge in [-0.25, -0.2) is 19.4 Å². The molecule has 1 aliphatic carbocycles. The van der Waals surface area contributed by atoms with Crippen LogP contribution in [0.1, 0.15) is 53.4 Å². The Hall–Kier alpha value is -1.56. The van der Waals surface area contributed by atoms with Crippen LogP contribution in [0.25, 0.3) is 0 Å². The summed E-state index contributed by atoms with van der Waals surface area (Å²) in [4.78, 5) is 31.1. The number of aliphatic carboxylic acids is 2. The van der Waals surface area contributed by atoms with Crippen molar-refractivity contribution in [3.05, 3.63) is 12.2 Å². The van der Waals surface area contributed by atoms with E-state index in [2.05, 4.69) is 20.8 Å². The van der Waals surface area contributed by atoms with Crippen molar-refractivity contribution in [2.24, 2.45) is 28.9 Å². The fraction of sp³-hybridized carbons (Fsp3) is 0.818. The van der Waals surface area contributed by atoms with Gasteiger partial charge in [-0.2, -0.15) is 0 Å². The Balaban J connectivity index is 0.000000312. The summed E-state index contributed by atoms with van der Waals surface area (Å²) in [6, 6.07) is 0. The summed E-state index contributed by atoms with van der Waals surface area (Å²) in [6.45, 7) is 9.77. The molecule has 0 aromatic rings. The lowest BCUT2D eigenvalue weighted by atomic mass is 9.50. The molecule has 0 amide bonds. The smallest absolute Gasteiger partial charge is 0.328 e. The highest BCUT2D eigenvalue weighted by Crippen LogP contribution is 2.66. The van der Waals surface area contributed by atoms with Crippen LogP contribution >= 0.6 is 0 Å². The lowest BCUT2D eigenvalue weighted by Crippen LogP contribution is -2.73. The van der Waals surface area contributed by atoms with E-state index in [0.29, 0.717) is 31.2 Å². The summed E-state index contributed by atoms with van der Waals surface area (Å²) < 4.78 is 18.5. The van der Waals surface area contributed by atoms with Gasteiger partial charge in [-0.3, -0.25) is 0 Å². The Bertz CT molecular complexity index is 729. The van der Waals surface area contributed by atoms with Gasteiger partial charge in [0, 0.05) is 42.4 Å². The third-order valence-corrected chi connectivity index (χ3v) is 7.69. The average molecular weight is 458 g/mol. The molecule has 10 nitrogen and oxygen atoms in total. The van der Waals surface area contributed by atoms with Gasteiger partial charge >= 0.3 is 11.9 Å². The van der Waals surface area contributed by atoms with E-state index in [-0.39, 0.29) is 23.5 Å². The van der Waals surface area contributed by atoms with E-state index in [4.69, 9.17) is 39.9 Å². The van der Waals surface area contributed by atoms with Crippen molar-refractivity contribution in [1.82, 2.24) is 0 Å². The van der Waals surface area contributed by atoms with Crippen LogP contribution in [0.3, 0.4) is 0 Å². The molecule has 0 aromatic carbocycles. The minimum atomic E-state index is -1.26. The largest absolute Gasteiger partial charge is 0.478 e. The molecule has 5 aliphatic rings. The lowest BCUT2D eigenvalue weighted by molar-refractivity contribution is -0.583. The fourth-order valence-electron chi connectivity index (χ4n) is 5.67. The fourth-order valence-corrected chi connectivity index (χ4v) is 5.67. The van der Waals surface area contributed by atoms with Crippen LogP contribution in [-0.4, -0.2) is 59.3 Å². The normalized spacial score (nSPS) is 44.8. The molecule has 4 N–H and O–H groups in total. The van der Waals surface area contributed by atoms with Gasteiger partial charge in [-0.1, -0.05) is 20.8 Å². The van der Waals surface area contributed by atoms with E-state index in [1.54, 1.807) is 0 Å². The van der Waals surface area contributed by atoms with Crippen molar-refractivity contribution in [3.8, 4) is 0 Å². The standard InChI is InChI=1S/C18H31NO5.C4H4O4/c1-11-5-6-13-12(2)14(20-10-9-19)21-15-18(13)16(11,3)7-8-17(4,22-15)23-24-18;5-3(6)1-2-4(7)8/h11-15H,5-10,19H2,1-4H3;1-2H,(H,5,6)(H,7,8)/b;2-1-/t11-,12-,13?,14+,15-,16+,17-,18-;/m1./s1. The van der Waals surface area contributed by atoms with Gasteiger partial charge in [0.15, 0.2) is 18.2 Å². The van der Waals surface area contributed by atoms with E-state index in [0.717, 1.165) is 19.3 Å². The van der Waals surface area contributed by atoms with Crippen molar-refractivity contribution in [2.75, 3.05) is 13.2 Å². The van der Waals surface area contributed by atoms with Gasteiger partial charge in [0.1, 0.15) is 0 Å². The van der Waals surface area contributed by atoms with Gasteiger partial charge in [0.05, 0.1) is 6.61 Å². The van der Waals surface area contributed by atoms with Crippen LogP contribution < -0.4 is 5.73 Å². The zero-order chi connectivity index (χ0) is 23.7. The number of carboxylic acids is 2. The highest BCUT2D eigenvalue weighted by atomic mass is 17.3. The number of carboxylic acid groups (broad SMARTS) is 2. The molecule has 0 radical (unpaired) electrons. The molecule has 5 rings (SSSR count). The lowest BCUT2D eigenvalue weighted by Gasteiger charge is -2.64. The predicted octanol–water partition coefficient (Wildman–Crippen LogP) is 2.27. The molecule has 1 saturated carbocycles. The van der Waals surface area contributed by atoms with Crippen LogP contribution in [0, 0.1) is 23.2 Å². The minimum absolute atomic E-state index is 0.0397. The molecule has 8 atom stereocenters. The number of fused-ring (bicyclic) bond motifs is 2. The monoisotopic (exact) mass is 457 g/mol. The summed E-state index contributed by atoms with van der Waals surface area (Å²) in [5.74, 6) is -2.25. The Labute approximate surface area is 187 Å². The summed E-state index contributed by atoms with van der Waals surface area (Å²) >= 11 is 0. The van der Waals surface area contributed by atoms with Gasteiger partial charge in [-0.15, -0.1) is 0 Å². The van der Waals surface area contributed by atoms with E-state index >= 15 is 0 Å². The van der Waals surface area contributed by atoms with Crippen LogP contribution in [0.15, 0.2) is 12.2 Å². The summed E-state index contributed by atoms with van der Waals surface area (Å²) in [5.41, 5.74) is 5.00. The van der Waals surface area contributed by atoms with E-state index in [1.807, 2.05) is 6.92 Å². The third kappa shape index (κ3) is 4.32. The van der Waals surface area contributed by atoms with Gasteiger partial charge in [-0.05, 0) is 32.1 Å². The maximum atomic E-state index is 9.55. The molecule has 0 aromatic heterocycles. The van der Waals surface area contributed by atoms with E-state index in [1.165, 1.54) is 6.42 Å². The SMILES string of the molecule is C[C@@H]1C2CC[C@@H](C)[C@]3(C)CC[C@@]4(C)OO[C@@]23[C@H](O[C@@H]1OCCN)O4.O=C(O)/C=C\C(=O)O. The first-order valence-electron chi connectivity index (χ1n) is 11.1. The Morgan fingerprint density at radius 1 is 1.09 bits per heavy atom. The third-order valence-electron chi connectivity index (χ3n) is 7.69. The Morgan fingerprint density at radius 3 is 2.34 bits per heavy atom. The first-order chi connectivity index (χ1) is 15.0. The number of nitrogens with two attached hydrogens (primary N) is 1. The molecule has 5 fully saturated rings. The van der Waals surface area contributed by atoms with Crippen LogP contribution in [0.2, 0.25) is 0 Å². The summed E-state index contributed by atoms with van der Waals surface area (Å²) in [7, 11) is 0. The molecule has 32 heavy (non-hydrogen) atoms. The van der Waals surface area contributed by atoms with E-state index < -0.39 is 29.6 Å². The zero-order valence-corrected chi connectivity index (χ0v) is 19.1. The second-order valence-electron chi connectivity index (χ2n) is 9.58. The molecule has 10 heteroatoms. The highest BCUT2D eigenvalue weighted by Gasteiger charge is 2.73. The highest BCUT2D eigenvalue weighted by molar-refractivity contribution is 5.89. The molecule has 4 heterocycles. The average Bonchev–Trinajstić information content (AvgIpc) is 2.92. The number of carbonyl (C=O) groups is 2. The van der Waals surface area contributed by atoms with Crippen LogP contribution in [0.4, 0.5) is 0 Å². The van der Waals surface area contributed by atoms with Gasteiger partial charge in [0.25, 0.3) is 0 Å². The molecule has 4 aliphatic heterocycles. The quantitative estimate of drug-likeness (QED) is 0.415. The number of hydrogen-bond acceptors (Lipinski definition) is 8. The zero-order valence-electron chi connectivity index (χ0n) is 19.1. The molecule has 2 bridgehead atoms. The van der Waals surface area contributed by atoms with Crippen molar-refractivity contribution in [1.29, 1.82) is 0 Å². The summed E-state index contributed by atoms with van der Waals surface area (Å²) in [5, 5.41) is 15.6. The topological polar surface area (TPSA) is 147 Å². The number of ether oxygens (including phenoxy) is 3. The van der Waals surface area contributed by atoms with Gasteiger partial charge < -0.3 is 30.2 Å². The minimum Gasteiger partial charge on any atom is -0.478 e. The van der Waals surface area contributed by atoms with Crippen molar-refractivity contribution in [2.45, 2.75) is 77.3 Å². The van der Waals surface area contributed by atoms with Gasteiger partial charge in [0.2, 0.25) is 5.79 Å². The van der Waals surface area contributed by atoms with Crippen LogP contribution in [0.5, 0.6) is 0 Å². The second kappa shape index (κ2) is 9.36. The van der Waals surface area contributed by atoms with Crippen LogP contribution in [-0.2, 0) is 33.6 Å². The Kier molecular flexibility index (Phi) is 7.33. The Morgan fingerprint density at radius 2 is 1.75 bits per heavy atom. The van der Waals surface area contributed by atoms with E-state index in [9.17, 15) is 9.59 Å². The summed E-state index contributed by atoms with van der Waals surface area (Å²) in [6.07, 6.45) is 4.43. The molecule has 1 spiro atoms. The first-order valence-corrected chi connectivity index (χ1v) is 11.1. The second-order valence-corrected chi connectivity index (χ2v) is 9.58. The maximum Gasteiger partial charge on any atom is 0.328 e. The number of hydrogen-bond donors (Lipinski definition) is 3. The number of rotatable bonds is 5. The van der Waals surface area contributed by atoms with Crippen molar-refractivity contribution >= 4 is 11.9 Å². The van der Waals surface area contributed by atoms with Crippen molar-refractivity contribution in [3.63, 3.8) is 0 Å². The molecular formula is C22H35NO9. The molecule has 1 unspecified atom stereocenters. The molecule has 4 saturated heterocycles. The first kappa shape index (κ1) is 25.1.